The lowest BCUT2D eigenvalue weighted by atomic mass is 10.2. The first-order chi connectivity index (χ1) is 5.27. The summed E-state index contributed by atoms with van der Waals surface area (Å²) in [4.78, 5) is 0. The Morgan fingerprint density at radius 2 is 1.91 bits per heavy atom. The van der Waals surface area contributed by atoms with Gasteiger partial charge in [-0.1, -0.05) is 32.6 Å². The van der Waals surface area contributed by atoms with Crippen LogP contribution < -0.4 is 4.72 Å². The summed E-state index contributed by atoms with van der Waals surface area (Å²) < 4.78 is 20.9. The molecule has 0 bridgehead atoms. The quantitative estimate of drug-likeness (QED) is 0.461. The highest BCUT2D eigenvalue weighted by molar-refractivity contribution is 7.77. The maximum Gasteiger partial charge on any atom is 0.231 e. The molecule has 1 unspecified atom stereocenters. The van der Waals surface area contributed by atoms with Crippen molar-refractivity contribution >= 4 is 11.3 Å². The molecule has 0 aliphatic heterocycles. The van der Waals surface area contributed by atoms with Gasteiger partial charge in [-0.2, -0.15) is 0 Å². The fourth-order valence-electron chi connectivity index (χ4n) is 0.888. The van der Waals surface area contributed by atoms with Gasteiger partial charge in [0.05, 0.1) is 0 Å². The standard InChI is InChI=1S/C7H17NO2S/c1-2-3-4-5-6-7-8-11(9)10/h8H,2-7H2,1H3,(H,9,10). The highest BCUT2D eigenvalue weighted by Crippen LogP contribution is 2.00. The lowest BCUT2D eigenvalue weighted by Crippen LogP contribution is -2.17. The van der Waals surface area contributed by atoms with Gasteiger partial charge in [0.1, 0.15) is 0 Å². The summed E-state index contributed by atoms with van der Waals surface area (Å²) in [5, 5.41) is 0. The Kier molecular flexibility index (Phi) is 8.22. The molecule has 68 valence electrons. The van der Waals surface area contributed by atoms with Gasteiger partial charge in [-0.3, -0.25) is 4.55 Å². The zero-order valence-electron chi connectivity index (χ0n) is 7.01. The first-order valence-electron chi connectivity index (χ1n) is 4.11. The van der Waals surface area contributed by atoms with E-state index in [0.717, 1.165) is 12.8 Å². The number of unbranched alkanes of at least 4 members (excludes halogenated alkanes) is 4. The molecule has 3 nitrogen and oxygen atoms in total. The van der Waals surface area contributed by atoms with Gasteiger partial charge in [0.2, 0.25) is 11.3 Å². The van der Waals surface area contributed by atoms with Gasteiger partial charge in [-0.05, 0) is 6.42 Å². The van der Waals surface area contributed by atoms with Crippen molar-refractivity contribution in [2.75, 3.05) is 6.54 Å². The first kappa shape index (κ1) is 11.1. The molecule has 0 aromatic carbocycles. The van der Waals surface area contributed by atoms with Gasteiger partial charge in [0.25, 0.3) is 0 Å². The third-order valence-corrected chi connectivity index (χ3v) is 1.96. The van der Waals surface area contributed by atoms with Crippen molar-refractivity contribution in [3.8, 4) is 0 Å². The van der Waals surface area contributed by atoms with Crippen molar-refractivity contribution in [1.29, 1.82) is 0 Å². The summed E-state index contributed by atoms with van der Waals surface area (Å²) in [6.07, 6.45) is 5.88. The summed E-state index contributed by atoms with van der Waals surface area (Å²) >= 11 is -1.82. The molecule has 2 N–H and O–H groups in total. The van der Waals surface area contributed by atoms with E-state index in [1.54, 1.807) is 0 Å². The van der Waals surface area contributed by atoms with Crippen molar-refractivity contribution in [2.45, 2.75) is 39.0 Å². The predicted octanol–water partition coefficient (Wildman–Crippen LogP) is 1.68. The fraction of sp³-hybridized carbons (Fsp3) is 1.00. The van der Waals surface area contributed by atoms with E-state index < -0.39 is 11.3 Å². The van der Waals surface area contributed by atoms with E-state index in [-0.39, 0.29) is 0 Å². The van der Waals surface area contributed by atoms with E-state index in [4.69, 9.17) is 4.55 Å². The largest absolute Gasteiger partial charge is 0.294 e. The van der Waals surface area contributed by atoms with E-state index in [0.29, 0.717) is 6.54 Å². The minimum Gasteiger partial charge on any atom is -0.294 e. The summed E-state index contributed by atoms with van der Waals surface area (Å²) in [5.74, 6) is 0. The van der Waals surface area contributed by atoms with Crippen molar-refractivity contribution in [2.24, 2.45) is 0 Å². The van der Waals surface area contributed by atoms with Crippen LogP contribution in [0.4, 0.5) is 0 Å². The van der Waals surface area contributed by atoms with E-state index >= 15 is 0 Å². The summed E-state index contributed by atoms with van der Waals surface area (Å²) in [7, 11) is 0. The van der Waals surface area contributed by atoms with E-state index in [1.807, 2.05) is 0 Å². The molecule has 0 heterocycles. The number of nitrogens with one attached hydrogen (secondary N) is 1. The molecular weight excluding hydrogens is 162 g/mol. The highest BCUT2D eigenvalue weighted by Gasteiger charge is 1.91. The molecule has 0 radical (unpaired) electrons. The number of hydrogen-bond donors (Lipinski definition) is 2. The third kappa shape index (κ3) is 10.1. The van der Waals surface area contributed by atoms with Gasteiger partial charge in [-0.15, -0.1) is 0 Å². The van der Waals surface area contributed by atoms with Crippen LogP contribution in [0.2, 0.25) is 0 Å². The van der Waals surface area contributed by atoms with Gasteiger partial charge in [-0.25, -0.2) is 8.93 Å². The number of hydrogen-bond acceptors (Lipinski definition) is 1. The first-order valence-corrected chi connectivity index (χ1v) is 5.22. The maximum absolute atomic E-state index is 10.1. The lowest BCUT2D eigenvalue weighted by Gasteiger charge is -1.98. The Hall–Kier alpha value is 0.0700. The van der Waals surface area contributed by atoms with Crippen LogP contribution in [0.15, 0.2) is 0 Å². The molecule has 0 amide bonds. The topological polar surface area (TPSA) is 49.3 Å². The normalized spacial score (nSPS) is 13.3. The minimum atomic E-state index is -1.82. The maximum atomic E-state index is 10.1. The average molecular weight is 179 g/mol. The van der Waals surface area contributed by atoms with Gasteiger partial charge >= 0.3 is 0 Å². The summed E-state index contributed by atoms with van der Waals surface area (Å²) in [6.45, 7) is 2.81. The summed E-state index contributed by atoms with van der Waals surface area (Å²) in [6, 6.07) is 0. The molecule has 0 rings (SSSR count). The molecule has 0 saturated carbocycles. The molecule has 0 saturated heterocycles. The third-order valence-electron chi connectivity index (χ3n) is 1.51. The van der Waals surface area contributed by atoms with Crippen molar-refractivity contribution in [3.05, 3.63) is 0 Å². The van der Waals surface area contributed by atoms with Crippen LogP contribution >= 0.6 is 0 Å². The smallest absolute Gasteiger partial charge is 0.231 e. The molecule has 1 atom stereocenters. The van der Waals surface area contributed by atoms with Gasteiger partial charge in [0.15, 0.2) is 0 Å². The molecule has 0 aliphatic rings. The SMILES string of the molecule is CCCCCCCNS(=O)O. The van der Waals surface area contributed by atoms with Crippen LogP contribution in [0.1, 0.15) is 39.0 Å². The Morgan fingerprint density at radius 1 is 1.27 bits per heavy atom. The van der Waals surface area contributed by atoms with Crippen molar-refractivity contribution in [1.82, 2.24) is 4.72 Å². The Labute approximate surface area is 71.0 Å². The van der Waals surface area contributed by atoms with Crippen LogP contribution in [0.3, 0.4) is 0 Å². The molecule has 11 heavy (non-hydrogen) atoms. The molecule has 0 aliphatic carbocycles. The van der Waals surface area contributed by atoms with Gasteiger partial charge < -0.3 is 0 Å². The Morgan fingerprint density at radius 3 is 2.45 bits per heavy atom. The minimum absolute atomic E-state index is 0.646. The van der Waals surface area contributed by atoms with Crippen LogP contribution in [0.5, 0.6) is 0 Å². The van der Waals surface area contributed by atoms with Crippen LogP contribution in [0.25, 0.3) is 0 Å². The molecule has 0 aromatic heterocycles. The van der Waals surface area contributed by atoms with Crippen LogP contribution in [0, 0.1) is 0 Å². The van der Waals surface area contributed by atoms with Crippen LogP contribution in [-0.4, -0.2) is 15.3 Å². The van der Waals surface area contributed by atoms with Crippen molar-refractivity contribution in [3.63, 3.8) is 0 Å². The summed E-state index contributed by atoms with van der Waals surface area (Å²) in [5.41, 5.74) is 0. The predicted molar refractivity (Wildman–Crippen MR) is 47.5 cm³/mol. The monoisotopic (exact) mass is 179 g/mol. The van der Waals surface area contributed by atoms with E-state index in [1.165, 1.54) is 19.3 Å². The Balaban J connectivity index is 2.85. The van der Waals surface area contributed by atoms with Crippen LogP contribution in [-0.2, 0) is 11.3 Å². The van der Waals surface area contributed by atoms with E-state index in [2.05, 4.69) is 11.6 Å². The lowest BCUT2D eigenvalue weighted by molar-refractivity contribution is 0.542. The average Bonchev–Trinajstić information content (AvgIpc) is 1.96. The highest BCUT2D eigenvalue weighted by atomic mass is 32.2. The van der Waals surface area contributed by atoms with E-state index in [9.17, 15) is 4.21 Å². The second-order valence-corrected chi connectivity index (χ2v) is 3.34. The zero-order chi connectivity index (χ0) is 8.53. The number of rotatable bonds is 7. The molecular formula is C7H17NO2S. The Bertz CT molecular complexity index is 109. The van der Waals surface area contributed by atoms with Gasteiger partial charge in [0, 0.05) is 6.54 Å². The fourth-order valence-corrected chi connectivity index (χ4v) is 1.21. The zero-order valence-corrected chi connectivity index (χ0v) is 7.82. The molecule has 0 spiro atoms. The molecule has 4 heteroatoms. The molecule has 0 fully saturated rings. The van der Waals surface area contributed by atoms with Crippen molar-refractivity contribution < 1.29 is 8.76 Å². The molecule has 0 aromatic rings. The second-order valence-electron chi connectivity index (χ2n) is 2.56. The second kappa shape index (κ2) is 8.17.